The lowest BCUT2D eigenvalue weighted by atomic mass is 10.1. The lowest BCUT2D eigenvalue weighted by molar-refractivity contribution is 0.603. The minimum absolute atomic E-state index is 0.580. The molecule has 0 saturated heterocycles. The third-order valence-corrected chi connectivity index (χ3v) is 4.39. The number of hydrogen-bond acceptors (Lipinski definition) is 2. The summed E-state index contributed by atoms with van der Waals surface area (Å²) < 4.78 is 0. The second-order valence-corrected chi connectivity index (χ2v) is 5.93. The molecular formula is C13H25NS. The minimum atomic E-state index is 0.580. The van der Waals surface area contributed by atoms with E-state index < -0.39 is 0 Å². The van der Waals surface area contributed by atoms with E-state index in [9.17, 15) is 0 Å². The molecule has 1 aliphatic rings. The van der Waals surface area contributed by atoms with Gasteiger partial charge in [0, 0.05) is 11.0 Å². The maximum absolute atomic E-state index is 4.78. The van der Waals surface area contributed by atoms with Gasteiger partial charge in [0.05, 0.1) is 5.37 Å². The van der Waals surface area contributed by atoms with Gasteiger partial charge in [-0.05, 0) is 19.8 Å². The quantitative estimate of drug-likeness (QED) is 0.576. The first kappa shape index (κ1) is 13.1. The molecule has 88 valence electrons. The fourth-order valence-electron chi connectivity index (χ4n) is 2.07. The molecule has 0 aliphatic carbocycles. The molecule has 1 nitrogen and oxygen atoms in total. The highest BCUT2D eigenvalue weighted by molar-refractivity contribution is 8.01. The third kappa shape index (κ3) is 4.58. The highest BCUT2D eigenvalue weighted by Crippen LogP contribution is 2.32. The summed E-state index contributed by atoms with van der Waals surface area (Å²) >= 11 is 2.06. The molecule has 2 atom stereocenters. The topological polar surface area (TPSA) is 12.4 Å². The number of hydrogen-bond donors (Lipinski definition) is 0. The van der Waals surface area contributed by atoms with Gasteiger partial charge in [0.25, 0.3) is 0 Å². The first-order chi connectivity index (χ1) is 7.27. The van der Waals surface area contributed by atoms with E-state index in [2.05, 4.69) is 32.5 Å². The molecule has 0 aromatic heterocycles. The van der Waals surface area contributed by atoms with Crippen molar-refractivity contribution < 1.29 is 0 Å². The first-order valence-corrected chi connectivity index (χ1v) is 7.44. The van der Waals surface area contributed by atoms with Gasteiger partial charge in [-0.1, -0.05) is 46.0 Å². The fourth-order valence-corrected chi connectivity index (χ4v) is 3.42. The van der Waals surface area contributed by atoms with Gasteiger partial charge in [-0.2, -0.15) is 0 Å². The van der Waals surface area contributed by atoms with E-state index in [0.717, 1.165) is 6.42 Å². The SMILES string of the molecule is CCCCCCC[C@@H]1N=C(CC)[C@@H](C)S1. The van der Waals surface area contributed by atoms with Crippen molar-refractivity contribution in [3.05, 3.63) is 0 Å². The number of rotatable bonds is 7. The van der Waals surface area contributed by atoms with Gasteiger partial charge in [-0.3, -0.25) is 4.99 Å². The van der Waals surface area contributed by atoms with E-state index in [4.69, 9.17) is 4.99 Å². The Bertz CT molecular complexity index is 201. The minimum Gasteiger partial charge on any atom is -0.279 e. The van der Waals surface area contributed by atoms with Gasteiger partial charge in [0.15, 0.2) is 0 Å². The average Bonchev–Trinajstić information content (AvgIpc) is 2.59. The molecule has 0 fully saturated rings. The Morgan fingerprint density at radius 1 is 1.13 bits per heavy atom. The van der Waals surface area contributed by atoms with Gasteiger partial charge >= 0.3 is 0 Å². The van der Waals surface area contributed by atoms with Crippen LogP contribution < -0.4 is 0 Å². The smallest absolute Gasteiger partial charge is 0.0957 e. The highest BCUT2D eigenvalue weighted by atomic mass is 32.2. The molecule has 1 heterocycles. The summed E-state index contributed by atoms with van der Waals surface area (Å²) in [5, 5.41) is 1.26. The predicted molar refractivity (Wildman–Crippen MR) is 71.9 cm³/mol. The van der Waals surface area contributed by atoms with E-state index in [1.54, 1.807) is 0 Å². The number of unbranched alkanes of at least 4 members (excludes halogenated alkanes) is 4. The molecule has 0 spiro atoms. The Morgan fingerprint density at radius 3 is 2.47 bits per heavy atom. The Balaban J connectivity index is 2.10. The largest absolute Gasteiger partial charge is 0.279 e. The Morgan fingerprint density at radius 2 is 1.87 bits per heavy atom. The average molecular weight is 227 g/mol. The first-order valence-electron chi connectivity index (χ1n) is 6.50. The van der Waals surface area contributed by atoms with Crippen LogP contribution in [-0.2, 0) is 0 Å². The molecule has 1 aliphatic heterocycles. The zero-order valence-electron chi connectivity index (χ0n) is 10.5. The lowest BCUT2D eigenvalue weighted by Gasteiger charge is -2.07. The normalized spacial score (nSPS) is 25.7. The molecule has 0 unspecified atom stereocenters. The number of nitrogens with zero attached hydrogens (tertiary/aromatic N) is 1. The molecule has 0 N–H and O–H groups in total. The van der Waals surface area contributed by atoms with Crippen LogP contribution in [0.25, 0.3) is 0 Å². The van der Waals surface area contributed by atoms with Crippen molar-refractivity contribution in [2.45, 2.75) is 76.3 Å². The molecular weight excluding hydrogens is 202 g/mol. The van der Waals surface area contributed by atoms with Crippen molar-refractivity contribution in [2.75, 3.05) is 0 Å². The van der Waals surface area contributed by atoms with Gasteiger partial charge < -0.3 is 0 Å². The zero-order valence-corrected chi connectivity index (χ0v) is 11.3. The van der Waals surface area contributed by atoms with E-state index >= 15 is 0 Å². The van der Waals surface area contributed by atoms with Crippen LogP contribution in [0, 0.1) is 0 Å². The van der Waals surface area contributed by atoms with E-state index in [-0.39, 0.29) is 0 Å². The number of aliphatic imine (C=N–C) groups is 1. The summed E-state index contributed by atoms with van der Waals surface area (Å²) in [6, 6.07) is 0. The van der Waals surface area contributed by atoms with Crippen molar-refractivity contribution >= 4 is 17.5 Å². The van der Waals surface area contributed by atoms with Crippen molar-refractivity contribution in [3.8, 4) is 0 Å². The molecule has 2 heteroatoms. The molecule has 15 heavy (non-hydrogen) atoms. The van der Waals surface area contributed by atoms with Crippen LogP contribution >= 0.6 is 11.8 Å². The molecule has 0 saturated carbocycles. The Labute approximate surface area is 99.1 Å². The van der Waals surface area contributed by atoms with E-state index in [0.29, 0.717) is 10.6 Å². The Hall–Kier alpha value is 0.0200. The van der Waals surface area contributed by atoms with Gasteiger partial charge in [-0.25, -0.2) is 0 Å². The Kier molecular flexibility index (Phi) is 6.39. The summed E-state index contributed by atoms with van der Waals surface area (Å²) in [5.74, 6) is 0. The van der Waals surface area contributed by atoms with Crippen molar-refractivity contribution in [1.82, 2.24) is 0 Å². The fraction of sp³-hybridized carbons (Fsp3) is 0.923. The molecule has 0 radical (unpaired) electrons. The van der Waals surface area contributed by atoms with Crippen LogP contribution in [0.5, 0.6) is 0 Å². The van der Waals surface area contributed by atoms with Crippen molar-refractivity contribution in [3.63, 3.8) is 0 Å². The van der Waals surface area contributed by atoms with E-state index in [1.165, 1.54) is 44.2 Å². The molecule has 0 amide bonds. The van der Waals surface area contributed by atoms with Gasteiger partial charge in [0.1, 0.15) is 0 Å². The standard InChI is InChI=1S/C13H25NS/c1-4-6-7-8-9-10-13-14-12(5-2)11(3)15-13/h11,13H,4-10H2,1-3H3/t11-,13-/m1/s1. The summed E-state index contributed by atoms with van der Waals surface area (Å²) in [6.45, 7) is 6.79. The number of thioether (sulfide) groups is 1. The predicted octanol–water partition coefficient (Wildman–Crippen LogP) is 4.66. The van der Waals surface area contributed by atoms with Crippen LogP contribution in [0.15, 0.2) is 4.99 Å². The van der Waals surface area contributed by atoms with Crippen LogP contribution in [0.1, 0.15) is 65.7 Å². The third-order valence-electron chi connectivity index (χ3n) is 3.06. The lowest BCUT2D eigenvalue weighted by Crippen LogP contribution is -2.06. The maximum atomic E-state index is 4.78. The highest BCUT2D eigenvalue weighted by Gasteiger charge is 2.23. The summed E-state index contributed by atoms with van der Waals surface area (Å²) in [5.41, 5.74) is 1.43. The summed E-state index contributed by atoms with van der Waals surface area (Å²) in [7, 11) is 0. The van der Waals surface area contributed by atoms with Crippen LogP contribution in [-0.4, -0.2) is 16.3 Å². The monoisotopic (exact) mass is 227 g/mol. The molecule has 0 aromatic rings. The molecule has 0 aromatic carbocycles. The van der Waals surface area contributed by atoms with Crippen molar-refractivity contribution in [1.29, 1.82) is 0 Å². The summed E-state index contributed by atoms with van der Waals surface area (Å²) in [6.07, 6.45) is 9.35. The van der Waals surface area contributed by atoms with Crippen LogP contribution in [0.2, 0.25) is 0 Å². The van der Waals surface area contributed by atoms with Crippen LogP contribution in [0.4, 0.5) is 0 Å². The van der Waals surface area contributed by atoms with Crippen molar-refractivity contribution in [2.24, 2.45) is 4.99 Å². The summed E-state index contributed by atoms with van der Waals surface area (Å²) in [4.78, 5) is 4.78. The second-order valence-electron chi connectivity index (χ2n) is 4.41. The molecule has 0 bridgehead atoms. The maximum Gasteiger partial charge on any atom is 0.0957 e. The van der Waals surface area contributed by atoms with E-state index in [1.807, 2.05) is 0 Å². The zero-order chi connectivity index (χ0) is 11.1. The van der Waals surface area contributed by atoms with Gasteiger partial charge in [-0.15, -0.1) is 11.8 Å². The molecule has 1 rings (SSSR count). The van der Waals surface area contributed by atoms with Gasteiger partial charge in [0.2, 0.25) is 0 Å². The second kappa shape index (κ2) is 7.32. The van der Waals surface area contributed by atoms with Crippen LogP contribution in [0.3, 0.4) is 0 Å².